The van der Waals surface area contributed by atoms with Crippen molar-refractivity contribution in [2.24, 2.45) is 11.8 Å². The maximum absolute atomic E-state index is 13.3. The Morgan fingerprint density at radius 2 is 0.694 bits per heavy atom. The first kappa shape index (κ1) is 77.4. The number of unbranched alkanes of at least 4 members (excludes halogenated alkanes) is 32. The summed E-state index contributed by atoms with van der Waals surface area (Å²) in [4.78, 5) is 13.3. The highest BCUT2D eigenvalue weighted by atomic mass is 16.2. The smallest absolute Gasteiger partial charge is 0.236 e. The molecule has 0 aromatic heterocycles. The van der Waals surface area contributed by atoms with Crippen LogP contribution in [0.5, 0.6) is 0 Å². The summed E-state index contributed by atoms with van der Waals surface area (Å²) in [5, 5.41) is 2.03. The van der Waals surface area contributed by atoms with E-state index < -0.39 is 0 Å². The maximum atomic E-state index is 13.3. The lowest BCUT2D eigenvalue weighted by Crippen LogP contribution is -2.47. The molecule has 0 radical (unpaired) electrons. The van der Waals surface area contributed by atoms with E-state index in [9.17, 15) is 4.79 Å². The second-order valence-corrected chi connectivity index (χ2v) is 22.0. The molecule has 3 unspecified atom stereocenters. The molecule has 0 saturated heterocycles. The number of hydrogen-bond donors (Lipinski definition) is 1. The Labute approximate surface area is 459 Å². The van der Waals surface area contributed by atoms with Gasteiger partial charge in [0.15, 0.2) is 0 Å². The van der Waals surface area contributed by atoms with Crippen molar-refractivity contribution in [2.75, 3.05) is 7.05 Å². The van der Waals surface area contributed by atoms with Crippen LogP contribution in [0.15, 0.2) is 24.8 Å². The Morgan fingerprint density at radius 1 is 0.389 bits per heavy atom. The van der Waals surface area contributed by atoms with Crippen molar-refractivity contribution in [1.29, 1.82) is 0 Å². The topological polar surface area (TPSA) is 32.3 Å². The SMILES string of the molecule is C=CCCCCCCCCC(CCCCCCCCC(=C)CCC(CCCCCC)CCCCCCCC)N(NC)C(=O)CCCCCCCC.CC.CC.CCCCCCCCC(CC)CCCCCC. The molecule has 434 valence electrons. The number of carbonyl (C=O) groups is 1. The van der Waals surface area contributed by atoms with Crippen LogP contribution in [-0.4, -0.2) is 24.0 Å². The number of hydrazine groups is 1. The number of nitrogens with zero attached hydrogens (tertiary/aromatic N) is 1. The van der Waals surface area contributed by atoms with Gasteiger partial charge < -0.3 is 0 Å². The molecular formula is C69H142N2O. The van der Waals surface area contributed by atoms with Crippen molar-refractivity contribution in [3.8, 4) is 0 Å². The molecule has 0 aliphatic rings. The van der Waals surface area contributed by atoms with Crippen molar-refractivity contribution >= 4 is 5.91 Å². The molecule has 3 atom stereocenters. The zero-order valence-corrected chi connectivity index (χ0v) is 52.4. The van der Waals surface area contributed by atoms with Crippen molar-refractivity contribution in [1.82, 2.24) is 10.4 Å². The van der Waals surface area contributed by atoms with E-state index in [1.807, 2.05) is 45.8 Å². The molecule has 0 fully saturated rings. The fraction of sp³-hybridized carbons (Fsp3) is 0.928. The van der Waals surface area contributed by atoms with Crippen LogP contribution < -0.4 is 5.43 Å². The lowest BCUT2D eigenvalue weighted by Gasteiger charge is -2.31. The second kappa shape index (κ2) is 69.9. The van der Waals surface area contributed by atoms with Gasteiger partial charge >= 0.3 is 0 Å². The Hall–Kier alpha value is -1.09. The summed E-state index contributed by atoms with van der Waals surface area (Å²) in [6, 6.07) is 0.336. The molecule has 0 aliphatic carbocycles. The average Bonchev–Trinajstić information content (AvgIpc) is 3.40. The molecule has 0 saturated carbocycles. The first-order chi connectivity index (χ1) is 35.4. The largest absolute Gasteiger partial charge is 0.275 e. The second-order valence-electron chi connectivity index (χ2n) is 22.0. The van der Waals surface area contributed by atoms with Crippen molar-refractivity contribution in [3.63, 3.8) is 0 Å². The van der Waals surface area contributed by atoms with Gasteiger partial charge in [0, 0.05) is 19.5 Å². The minimum absolute atomic E-state index is 0.313. The molecule has 0 spiro atoms. The third kappa shape index (κ3) is 59.8. The van der Waals surface area contributed by atoms with Crippen LogP contribution in [-0.2, 0) is 4.79 Å². The molecule has 0 heterocycles. The molecule has 0 aromatic carbocycles. The quantitative estimate of drug-likeness (QED) is 0.0374. The standard InChI is InChI=1S/C48H94N2O.C17H36.2C2H6/c1-7-11-15-19-22-23-28-34-40-47(50(49-6)48(51)42-36-30-21-17-13-9-3)41-35-29-25-24-26-31-37-45(5)43-44-46(38-32-18-14-10-4)39-33-27-20-16-12-8-2;1-4-7-9-11-12-14-16-17(6-3)15-13-10-8-5-2;2*1-2/h7,46-47,49H,1,5,8-44H2,2-4,6H3;17H,4-16H2,1-3H3;2*1-2H3. The monoisotopic (exact) mass is 1020 g/mol. The highest BCUT2D eigenvalue weighted by Gasteiger charge is 2.22. The van der Waals surface area contributed by atoms with Gasteiger partial charge in [-0.1, -0.05) is 344 Å². The highest BCUT2D eigenvalue weighted by molar-refractivity contribution is 5.75. The van der Waals surface area contributed by atoms with Crippen LogP contribution in [0.25, 0.3) is 0 Å². The summed E-state index contributed by atoms with van der Waals surface area (Å²) in [5.74, 6) is 2.26. The van der Waals surface area contributed by atoms with E-state index in [4.69, 9.17) is 0 Å². The molecule has 1 N–H and O–H groups in total. The minimum Gasteiger partial charge on any atom is -0.275 e. The van der Waals surface area contributed by atoms with Crippen LogP contribution in [0.2, 0.25) is 0 Å². The number of hydrogen-bond acceptors (Lipinski definition) is 2. The predicted octanol–water partition coefficient (Wildman–Crippen LogP) is 25.0. The van der Waals surface area contributed by atoms with Crippen LogP contribution >= 0.6 is 0 Å². The van der Waals surface area contributed by atoms with Gasteiger partial charge in [0.25, 0.3) is 0 Å². The Morgan fingerprint density at radius 3 is 1.06 bits per heavy atom. The molecule has 0 aliphatic heterocycles. The number of amides is 1. The highest BCUT2D eigenvalue weighted by Crippen LogP contribution is 2.27. The van der Waals surface area contributed by atoms with Crippen LogP contribution in [0.3, 0.4) is 0 Å². The van der Waals surface area contributed by atoms with Crippen LogP contribution in [0.1, 0.15) is 390 Å². The third-order valence-corrected chi connectivity index (χ3v) is 15.5. The predicted molar refractivity (Wildman–Crippen MR) is 334 cm³/mol. The number of nitrogens with one attached hydrogen (secondary N) is 1. The molecule has 0 rings (SSSR count). The molecule has 3 heteroatoms. The van der Waals surface area contributed by atoms with Crippen molar-refractivity contribution in [2.45, 2.75) is 396 Å². The van der Waals surface area contributed by atoms with E-state index in [-0.39, 0.29) is 0 Å². The van der Waals surface area contributed by atoms with Gasteiger partial charge in [-0.3, -0.25) is 9.80 Å². The summed E-state index contributed by atoms with van der Waals surface area (Å²) >= 11 is 0. The van der Waals surface area contributed by atoms with E-state index in [1.165, 1.54) is 295 Å². The maximum Gasteiger partial charge on any atom is 0.236 e. The number of carbonyl (C=O) groups excluding carboxylic acids is 1. The third-order valence-electron chi connectivity index (χ3n) is 15.5. The first-order valence-corrected chi connectivity index (χ1v) is 33.6. The van der Waals surface area contributed by atoms with Gasteiger partial charge in [0.1, 0.15) is 0 Å². The van der Waals surface area contributed by atoms with E-state index in [2.05, 4.69) is 60.1 Å². The zero-order chi connectivity index (χ0) is 54.2. The Balaban J connectivity index is -0.000000918. The van der Waals surface area contributed by atoms with Gasteiger partial charge in [-0.2, -0.15) is 0 Å². The van der Waals surface area contributed by atoms with Crippen LogP contribution in [0, 0.1) is 11.8 Å². The lowest BCUT2D eigenvalue weighted by molar-refractivity contribution is -0.137. The molecular weight excluding hydrogens is 873 g/mol. The van der Waals surface area contributed by atoms with Crippen molar-refractivity contribution < 1.29 is 4.79 Å². The molecule has 3 nitrogen and oxygen atoms in total. The van der Waals surface area contributed by atoms with E-state index in [0.717, 1.165) is 37.5 Å². The fourth-order valence-corrected chi connectivity index (χ4v) is 10.6. The van der Waals surface area contributed by atoms with E-state index in [0.29, 0.717) is 18.4 Å². The normalized spacial score (nSPS) is 12.2. The number of rotatable bonds is 55. The Kier molecular flexibility index (Phi) is 75.2. The number of allylic oxidation sites excluding steroid dienone is 2. The van der Waals surface area contributed by atoms with Crippen molar-refractivity contribution in [3.05, 3.63) is 24.8 Å². The van der Waals surface area contributed by atoms with E-state index in [1.54, 1.807) is 0 Å². The van der Waals surface area contributed by atoms with E-state index >= 15 is 0 Å². The van der Waals surface area contributed by atoms with Gasteiger partial charge in [-0.05, 0) is 69.6 Å². The minimum atomic E-state index is 0.313. The summed E-state index contributed by atoms with van der Waals surface area (Å²) < 4.78 is 0. The van der Waals surface area contributed by atoms with Crippen LogP contribution in [0.4, 0.5) is 0 Å². The molecule has 1 amide bonds. The van der Waals surface area contributed by atoms with Gasteiger partial charge in [0.05, 0.1) is 0 Å². The summed E-state index contributed by atoms with van der Waals surface area (Å²) in [6.07, 6.45) is 68.9. The Bertz CT molecular complexity index is 991. The fourth-order valence-electron chi connectivity index (χ4n) is 10.6. The summed E-state index contributed by atoms with van der Waals surface area (Å²) in [6.45, 7) is 30.2. The lowest BCUT2D eigenvalue weighted by atomic mass is 9.88. The molecule has 72 heavy (non-hydrogen) atoms. The zero-order valence-electron chi connectivity index (χ0n) is 52.4. The van der Waals surface area contributed by atoms with Gasteiger partial charge in [-0.25, -0.2) is 5.43 Å². The average molecular weight is 1020 g/mol. The summed E-state index contributed by atoms with van der Waals surface area (Å²) in [5.41, 5.74) is 4.84. The summed E-state index contributed by atoms with van der Waals surface area (Å²) in [7, 11) is 1.96. The first-order valence-electron chi connectivity index (χ1n) is 33.6. The van der Waals surface area contributed by atoms with Gasteiger partial charge in [0.2, 0.25) is 5.91 Å². The molecule has 0 aromatic rings. The van der Waals surface area contributed by atoms with Gasteiger partial charge in [-0.15, -0.1) is 6.58 Å². The molecule has 0 bridgehead atoms.